The molecule has 2 nitrogen and oxygen atoms in total. The summed E-state index contributed by atoms with van der Waals surface area (Å²) in [5, 5.41) is 10.2. The molecule has 2 atom stereocenters. The number of hydrogen-bond donors (Lipinski definition) is 1. The molecular formula is C22H35FO2Si. The van der Waals surface area contributed by atoms with Crippen molar-refractivity contribution in [2.24, 2.45) is 11.3 Å². The Bertz CT molecular complexity index is 686. The Morgan fingerprint density at radius 1 is 1.27 bits per heavy atom. The quantitative estimate of drug-likeness (QED) is 0.656. The van der Waals surface area contributed by atoms with E-state index in [4.69, 9.17) is 4.43 Å². The van der Waals surface area contributed by atoms with Crippen LogP contribution in [0.1, 0.15) is 52.2 Å². The second-order valence-corrected chi connectivity index (χ2v) is 14.7. The molecule has 1 N–H and O–H groups in total. The van der Waals surface area contributed by atoms with Crippen molar-refractivity contribution in [2.45, 2.75) is 72.2 Å². The summed E-state index contributed by atoms with van der Waals surface area (Å²) in [6.07, 6.45) is 3.09. The Balaban J connectivity index is 2.47. The number of aliphatic hydroxyl groups is 1. The van der Waals surface area contributed by atoms with Crippen molar-refractivity contribution >= 4 is 13.9 Å². The summed E-state index contributed by atoms with van der Waals surface area (Å²) < 4.78 is 20.4. The van der Waals surface area contributed by atoms with Crippen LogP contribution in [0.15, 0.2) is 24.3 Å². The van der Waals surface area contributed by atoms with Crippen molar-refractivity contribution in [3.63, 3.8) is 0 Å². The predicted molar refractivity (Wildman–Crippen MR) is 110 cm³/mol. The zero-order valence-corrected chi connectivity index (χ0v) is 18.6. The Hall–Kier alpha value is -0.973. The molecule has 1 aliphatic rings. The number of hydrogen-bond acceptors (Lipinski definition) is 2. The summed E-state index contributed by atoms with van der Waals surface area (Å²) in [6, 6.07) is 5.22. The van der Waals surface area contributed by atoms with Crippen molar-refractivity contribution in [2.75, 3.05) is 6.61 Å². The van der Waals surface area contributed by atoms with E-state index in [1.54, 1.807) is 6.92 Å². The van der Waals surface area contributed by atoms with E-state index in [-0.39, 0.29) is 34.9 Å². The van der Waals surface area contributed by atoms with E-state index in [2.05, 4.69) is 53.8 Å². The van der Waals surface area contributed by atoms with Crippen molar-refractivity contribution in [1.82, 2.24) is 0 Å². The number of rotatable bonds is 4. The molecule has 2 unspecified atom stereocenters. The van der Waals surface area contributed by atoms with Crippen LogP contribution < -0.4 is 0 Å². The Labute approximate surface area is 159 Å². The SMILES string of the molecule is Cc1cc(C2=CC(O[Si](C)(C)C(C)(C)C)CC(C)(C)C2CO)ccc1F. The lowest BCUT2D eigenvalue weighted by molar-refractivity contribution is 0.0886. The number of aliphatic hydroxyl groups excluding tert-OH is 1. The van der Waals surface area contributed by atoms with Gasteiger partial charge in [-0.05, 0) is 65.7 Å². The molecule has 146 valence electrons. The summed E-state index contributed by atoms with van der Waals surface area (Å²) in [5.41, 5.74) is 2.61. The molecule has 0 aliphatic heterocycles. The van der Waals surface area contributed by atoms with Gasteiger partial charge in [-0.1, -0.05) is 46.8 Å². The lowest BCUT2D eigenvalue weighted by atomic mass is 9.66. The van der Waals surface area contributed by atoms with Gasteiger partial charge < -0.3 is 9.53 Å². The standard InChI is InChI=1S/C22H35FO2Si/c1-15-11-16(9-10-20(15)23)18-12-17(13-22(5,6)19(18)14-24)25-26(7,8)21(2,3)4/h9-12,17,19,24H,13-14H2,1-8H3. The molecule has 0 radical (unpaired) electrons. The monoisotopic (exact) mass is 378 g/mol. The van der Waals surface area contributed by atoms with Crippen LogP contribution in [-0.4, -0.2) is 26.1 Å². The fourth-order valence-electron chi connectivity index (χ4n) is 3.56. The first-order valence-electron chi connectivity index (χ1n) is 9.55. The minimum atomic E-state index is -1.90. The smallest absolute Gasteiger partial charge is 0.192 e. The molecule has 0 heterocycles. The maximum Gasteiger partial charge on any atom is 0.192 e. The predicted octanol–water partition coefficient (Wildman–Crippen LogP) is 5.95. The van der Waals surface area contributed by atoms with E-state index in [1.165, 1.54) is 6.07 Å². The second kappa shape index (κ2) is 7.21. The molecule has 4 heteroatoms. The highest BCUT2D eigenvalue weighted by Gasteiger charge is 2.43. The highest BCUT2D eigenvalue weighted by atomic mass is 28.4. The molecule has 0 fully saturated rings. The summed E-state index contributed by atoms with van der Waals surface area (Å²) in [4.78, 5) is 0. The van der Waals surface area contributed by atoms with Gasteiger partial charge in [0.05, 0.1) is 12.7 Å². The van der Waals surface area contributed by atoms with Gasteiger partial charge in [0.1, 0.15) is 5.82 Å². The summed E-state index contributed by atoms with van der Waals surface area (Å²) in [6.45, 7) is 17.5. The zero-order chi connectivity index (χ0) is 19.9. The molecule has 1 aliphatic carbocycles. The minimum Gasteiger partial charge on any atom is -0.411 e. The number of aryl methyl sites for hydroxylation is 1. The van der Waals surface area contributed by atoms with E-state index >= 15 is 0 Å². The fourth-order valence-corrected chi connectivity index (χ4v) is 4.82. The van der Waals surface area contributed by atoms with Gasteiger partial charge in [-0.3, -0.25) is 0 Å². The first kappa shape index (κ1) is 21.3. The summed E-state index contributed by atoms with van der Waals surface area (Å²) >= 11 is 0. The van der Waals surface area contributed by atoms with E-state index < -0.39 is 8.32 Å². The normalized spacial score (nSPS) is 23.7. The summed E-state index contributed by atoms with van der Waals surface area (Å²) in [7, 11) is -1.90. The van der Waals surface area contributed by atoms with Crippen LogP contribution in [0.25, 0.3) is 5.57 Å². The zero-order valence-electron chi connectivity index (χ0n) is 17.6. The maximum atomic E-state index is 13.7. The van der Waals surface area contributed by atoms with Crippen LogP contribution in [0, 0.1) is 24.1 Å². The van der Waals surface area contributed by atoms with Crippen molar-refractivity contribution in [3.05, 3.63) is 41.2 Å². The number of halogens is 1. The average molecular weight is 379 g/mol. The topological polar surface area (TPSA) is 29.5 Å². The van der Waals surface area contributed by atoms with Crippen LogP contribution in [0.5, 0.6) is 0 Å². The Morgan fingerprint density at radius 3 is 2.38 bits per heavy atom. The van der Waals surface area contributed by atoms with Crippen molar-refractivity contribution in [1.29, 1.82) is 0 Å². The molecular weight excluding hydrogens is 343 g/mol. The van der Waals surface area contributed by atoms with E-state index in [0.29, 0.717) is 5.56 Å². The van der Waals surface area contributed by atoms with Gasteiger partial charge in [0.25, 0.3) is 0 Å². The molecule has 0 bridgehead atoms. The first-order chi connectivity index (χ1) is 11.8. The molecule has 0 saturated heterocycles. The van der Waals surface area contributed by atoms with Gasteiger partial charge in [0, 0.05) is 5.92 Å². The third kappa shape index (κ3) is 4.29. The van der Waals surface area contributed by atoms with E-state index in [1.807, 2.05) is 12.1 Å². The van der Waals surface area contributed by atoms with Gasteiger partial charge in [0.15, 0.2) is 8.32 Å². The van der Waals surface area contributed by atoms with E-state index in [0.717, 1.165) is 17.6 Å². The summed E-state index contributed by atoms with van der Waals surface area (Å²) in [5.74, 6) is -0.175. The van der Waals surface area contributed by atoms with Gasteiger partial charge in [-0.2, -0.15) is 0 Å². The fraction of sp³-hybridized carbons (Fsp3) is 0.636. The lowest BCUT2D eigenvalue weighted by Gasteiger charge is -2.46. The van der Waals surface area contributed by atoms with Crippen LogP contribution in [0.3, 0.4) is 0 Å². The van der Waals surface area contributed by atoms with Gasteiger partial charge in [-0.15, -0.1) is 0 Å². The first-order valence-corrected chi connectivity index (χ1v) is 12.5. The van der Waals surface area contributed by atoms with Crippen LogP contribution in [-0.2, 0) is 4.43 Å². The third-order valence-corrected chi connectivity index (χ3v) is 10.8. The molecule has 0 spiro atoms. The Morgan fingerprint density at radius 2 is 1.88 bits per heavy atom. The van der Waals surface area contributed by atoms with Gasteiger partial charge in [-0.25, -0.2) is 4.39 Å². The average Bonchev–Trinajstić information content (AvgIpc) is 2.47. The molecule has 1 aromatic carbocycles. The highest BCUT2D eigenvalue weighted by Crippen LogP contribution is 2.47. The Kier molecular flexibility index (Phi) is 5.92. The molecule has 26 heavy (non-hydrogen) atoms. The van der Waals surface area contributed by atoms with Gasteiger partial charge >= 0.3 is 0 Å². The third-order valence-electron chi connectivity index (χ3n) is 6.34. The van der Waals surface area contributed by atoms with Gasteiger partial charge in [0.2, 0.25) is 0 Å². The van der Waals surface area contributed by atoms with Crippen molar-refractivity contribution in [3.8, 4) is 0 Å². The van der Waals surface area contributed by atoms with Crippen LogP contribution in [0.2, 0.25) is 18.1 Å². The van der Waals surface area contributed by atoms with Crippen molar-refractivity contribution < 1.29 is 13.9 Å². The molecule has 0 aromatic heterocycles. The highest BCUT2D eigenvalue weighted by molar-refractivity contribution is 6.74. The van der Waals surface area contributed by atoms with Crippen LogP contribution in [0.4, 0.5) is 4.39 Å². The molecule has 0 amide bonds. The molecule has 2 rings (SSSR count). The number of benzene rings is 1. The van der Waals surface area contributed by atoms with Crippen LogP contribution >= 0.6 is 0 Å². The largest absolute Gasteiger partial charge is 0.411 e. The minimum absolute atomic E-state index is 0.0200. The van der Waals surface area contributed by atoms with E-state index in [9.17, 15) is 9.50 Å². The second-order valence-electron chi connectivity index (χ2n) is 9.93. The maximum absolute atomic E-state index is 13.7. The lowest BCUT2D eigenvalue weighted by Crippen LogP contribution is -2.46. The molecule has 0 saturated carbocycles. The molecule has 1 aromatic rings.